The van der Waals surface area contributed by atoms with Crippen LogP contribution in [-0.2, 0) is 15.9 Å². The summed E-state index contributed by atoms with van der Waals surface area (Å²) in [5, 5.41) is 10.5. The molecule has 0 saturated carbocycles. The second-order valence-corrected chi connectivity index (χ2v) is 5.69. The number of aliphatic hydroxyl groups excluding tert-OH is 1. The van der Waals surface area contributed by atoms with Crippen LogP contribution in [0.2, 0.25) is 0 Å². The van der Waals surface area contributed by atoms with Gasteiger partial charge in [-0.2, -0.15) is 0 Å². The van der Waals surface area contributed by atoms with Gasteiger partial charge in [0.15, 0.2) is 0 Å². The zero-order valence-corrected chi connectivity index (χ0v) is 12.5. The first-order chi connectivity index (χ1) is 9.07. The summed E-state index contributed by atoms with van der Waals surface area (Å²) in [6.07, 6.45) is 1.13. The van der Waals surface area contributed by atoms with Crippen LogP contribution < -0.4 is 0 Å². The topological polar surface area (TPSA) is 38.7 Å². The third kappa shape index (κ3) is 3.34. The van der Waals surface area contributed by atoms with E-state index < -0.39 is 11.7 Å². The van der Waals surface area contributed by atoms with Crippen molar-refractivity contribution < 1.29 is 19.0 Å². The van der Waals surface area contributed by atoms with E-state index in [4.69, 9.17) is 9.47 Å². The van der Waals surface area contributed by atoms with Gasteiger partial charge in [0.25, 0.3) is 0 Å². The smallest absolute Gasteiger partial charge is 0.124 e. The number of hydrogen-bond donors (Lipinski definition) is 1. The number of methoxy groups -OCH3 is 1. The highest BCUT2D eigenvalue weighted by Crippen LogP contribution is 2.31. The van der Waals surface area contributed by atoms with E-state index in [1.807, 2.05) is 0 Å². The maximum atomic E-state index is 13.0. The molecule has 1 saturated heterocycles. The van der Waals surface area contributed by atoms with Crippen LogP contribution in [0.1, 0.15) is 18.4 Å². The molecule has 0 aromatic heterocycles. The van der Waals surface area contributed by atoms with Crippen molar-refractivity contribution in [2.45, 2.75) is 31.0 Å². The van der Waals surface area contributed by atoms with Crippen LogP contribution in [0, 0.1) is 5.82 Å². The van der Waals surface area contributed by atoms with E-state index in [-0.39, 0.29) is 5.82 Å². The summed E-state index contributed by atoms with van der Waals surface area (Å²) in [4.78, 5) is 0. The fraction of sp³-hybridized carbons (Fsp3) is 0.571. The lowest BCUT2D eigenvalue weighted by molar-refractivity contribution is -0.151. The van der Waals surface area contributed by atoms with Gasteiger partial charge in [-0.3, -0.25) is 0 Å². The van der Waals surface area contributed by atoms with Crippen molar-refractivity contribution in [3.8, 4) is 0 Å². The fourth-order valence-corrected chi connectivity index (χ4v) is 2.98. The minimum atomic E-state index is -0.636. The van der Waals surface area contributed by atoms with E-state index >= 15 is 0 Å². The largest absolute Gasteiger partial charge is 0.390 e. The maximum Gasteiger partial charge on any atom is 0.124 e. The van der Waals surface area contributed by atoms with E-state index in [0.29, 0.717) is 36.9 Å². The summed E-state index contributed by atoms with van der Waals surface area (Å²) in [6.45, 7) is 1.19. The Bertz CT molecular complexity index is 433. The second kappa shape index (κ2) is 6.31. The molecule has 2 rings (SSSR count). The van der Waals surface area contributed by atoms with E-state index in [1.165, 1.54) is 12.1 Å². The standard InChI is InChI=1S/C14H18BrFO3/c1-18-14(4-6-19-7-5-14)13(17)8-10-2-3-11(16)9-12(10)15/h2-3,9,13,17H,4-8H2,1H3. The lowest BCUT2D eigenvalue weighted by Crippen LogP contribution is -2.49. The summed E-state index contributed by atoms with van der Waals surface area (Å²) < 4.78 is 24.6. The van der Waals surface area contributed by atoms with Gasteiger partial charge < -0.3 is 14.6 Å². The number of hydrogen-bond acceptors (Lipinski definition) is 3. The van der Waals surface area contributed by atoms with Gasteiger partial charge in [0.05, 0.1) is 11.7 Å². The Morgan fingerprint density at radius 3 is 2.74 bits per heavy atom. The second-order valence-electron chi connectivity index (χ2n) is 4.84. The van der Waals surface area contributed by atoms with Crippen LogP contribution in [-0.4, -0.2) is 37.1 Å². The molecule has 1 atom stereocenters. The molecule has 3 nitrogen and oxygen atoms in total. The third-order valence-corrected chi connectivity index (χ3v) is 4.52. The molecule has 0 aliphatic carbocycles. The fourth-order valence-electron chi connectivity index (χ4n) is 2.47. The Hall–Kier alpha value is -0.490. The molecule has 5 heteroatoms. The number of rotatable bonds is 4. The predicted molar refractivity (Wildman–Crippen MR) is 73.6 cm³/mol. The lowest BCUT2D eigenvalue weighted by Gasteiger charge is -2.39. The highest BCUT2D eigenvalue weighted by Gasteiger charge is 2.39. The SMILES string of the molecule is COC1(C(O)Cc2ccc(F)cc2Br)CCOCC1. The van der Waals surface area contributed by atoms with Crippen molar-refractivity contribution in [2.24, 2.45) is 0 Å². The molecule has 1 heterocycles. The predicted octanol–water partition coefficient (Wildman–Crippen LogP) is 2.69. The first-order valence-corrected chi connectivity index (χ1v) is 7.11. The summed E-state index contributed by atoms with van der Waals surface area (Å²) >= 11 is 3.32. The van der Waals surface area contributed by atoms with Crippen molar-refractivity contribution in [1.82, 2.24) is 0 Å². The Labute approximate surface area is 120 Å². The first-order valence-electron chi connectivity index (χ1n) is 6.32. The first kappa shape index (κ1) is 14.9. The summed E-state index contributed by atoms with van der Waals surface area (Å²) in [5.41, 5.74) is 0.309. The third-order valence-electron chi connectivity index (χ3n) is 3.78. The molecule has 19 heavy (non-hydrogen) atoms. The number of ether oxygens (including phenoxy) is 2. The van der Waals surface area contributed by atoms with Crippen molar-refractivity contribution in [3.05, 3.63) is 34.1 Å². The van der Waals surface area contributed by atoms with E-state index in [1.54, 1.807) is 13.2 Å². The molecule has 106 valence electrons. The van der Waals surface area contributed by atoms with Crippen molar-refractivity contribution >= 4 is 15.9 Å². The molecule has 1 unspecified atom stereocenters. The van der Waals surface area contributed by atoms with E-state index in [9.17, 15) is 9.50 Å². The van der Waals surface area contributed by atoms with Gasteiger partial charge in [-0.05, 0) is 17.7 Å². The highest BCUT2D eigenvalue weighted by atomic mass is 79.9. The van der Waals surface area contributed by atoms with Gasteiger partial charge >= 0.3 is 0 Å². The van der Waals surface area contributed by atoms with Gasteiger partial charge in [-0.15, -0.1) is 0 Å². The molecule has 1 aliphatic rings. The number of benzene rings is 1. The molecule has 0 bridgehead atoms. The molecule has 0 amide bonds. The Kier molecular flexibility index (Phi) is 4.95. The summed E-state index contributed by atoms with van der Waals surface area (Å²) in [5.74, 6) is -0.294. The molecule has 1 N–H and O–H groups in total. The lowest BCUT2D eigenvalue weighted by atomic mass is 9.84. The Balaban J connectivity index is 2.12. The molecular formula is C14H18BrFO3. The quantitative estimate of drug-likeness (QED) is 0.921. The van der Waals surface area contributed by atoms with E-state index in [2.05, 4.69) is 15.9 Å². The van der Waals surface area contributed by atoms with Gasteiger partial charge in [0.1, 0.15) is 5.82 Å². The maximum absolute atomic E-state index is 13.0. The zero-order chi connectivity index (χ0) is 13.9. The van der Waals surface area contributed by atoms with Gasteiger partial charge in [0.2, 0.25) is 0 Å². The summed E-state index contributed by atoms with van der Waals surface area (Å²) in [7, 11) is 1.62. The number of aliphatic hydroxyl groups is 1. The Morgan fingerprint density at radius 2 is 2.16 bits per heavy atom. The molecule has 1 fully saturated rings. The molecule has 1 aliphatic heterocycles. The van der Waals surface area contributed by atoms with Gasteiger partial charge in [-0.25, -0.2) is 4.39 Å². The number of halogens is 2. The van der Waals surface area contributed by atoms with Crippen molar-refractivity contribution in [1.29, 1.82) is 0 Å². The van der Waals surface area contributed by atoms with E-state index in [0.717, 1.165) is 5.56 Å². The monoisotopic (exact) mass is 332 g/mol. The molecule has 1 aromatic carbocycles. The molecule has 0 radical (unpaired) electrons. The molecule has 1 aromatic rings. The van der Waals surface area contributed by atoms with Gasteiger partial charge in [0, 0.05) is 44.1 Å². The van der Waals surface area contributed by atoms with Crippen LogP contribution in [0.3, 0.4) is 0 Å². The average molecular weight is 333 g/mol. The minimum Gasteiger partial charge on any atom is -0.390 e. The van der Waals surface area contributed by atoms with Crippen molar-refractivity contribution in [2.75, 3.05) is 20.3 Å². The molecule has 0 spiro atoms. The van der Waals surface area contributed by atoms with Crippen LogP contribution in [0.25, 0.3) is 0 Å². The van der Waals surface area contributed by atoms with Crippen LogP contribution >= 0.6 is 15.9 Å². The minimum absolute atomic E-state index is 0.294. The van der Waals surface area contributed by atoms with Crippen LogP contribution in [0.4, 0.5) is 4.39 Å². The van der Waals surface area contributed by atoms with Crippen LogP contribution in [0.15, 0.2) is 22.7 Å². The summed E-state index contributed by atoms with van der Waals surface area (Å²) in [6, 6.07) is 4.49. The Morgan fingerprint density at radius 1 is 1.47 bits per heavy atom. The molecular weight excluding hydrogens is 315 g/mol. The van der Waals surface area contributed by atoms with Crippen LogP contribution in [0.5, 0.6) is 0 Å². The normalized spacial score (nSPS) is 20.2. The average Bonchev–Trinajstić information content (AvgIpc) is 2.42. The zero-order valence-electron chi connectivity index (χ0n) is 10.9. The van der Waals surface area contributed by atoms with Crippen molar-refractivity contribution in [3.63, 3.8) is 0 Å². The van der Waals surface area contributed by atoms with Gasteiger partial charge in [-0.1, -0.05) is 22.0 Å². The highest BCUT2D eigenvalue weighted by molar-refractivity contribution is 9.10.